The number of aromatic nitrogens is 1. The van der Waals surface area contributed by atoms with E-state index in [2.05, 4.69) is 72.7 Å². The highest BCUT2D eigenvalue weighted by Crippen LogP contribution is 2.35. The number of aryl methyl sites for hydroxylation is 2. The zero-order valence-corrected chi connectivity index (χ0v) is 23.6. The highest BCUT2D eigenvalue weighted by molar-refractivity contribution is 7.99. The molecule has 0 atom stereocenters. The molecule has 190 valence electrons. The van der Waals surface area contributed by atoms with Crippen LogP contribution in [-0.4, -0.2) is 34.5 Å². The third kappa shape index (κ3) is 6.46. The summed E-state index contributed by atoms with van der Waals surface area (Å²) in [6, 6.07) is 19.5. The Morgan fingerprint density at radius 1 is 1.03 bits per heavy atom. The number of carbonyl (C=O) groups excluding carboxylic acids is 1. The fraction of sp³-hybridized carbons (Fsp3) is 0.400. The van der Waals surface area contributed by atoms with Gasteiger partial charge in [0.1, 0.15) is 5.03 Å². The molecule has 4 rings (SSSR count). The molecule has 0 fully saturated rings. The van der Waals surface area contributed by atoms with E-state index < -0.39 is 0 Å². The van der Waals surface area contributed by atoms with Crippen LogP contribution in [0.1, 0.15) is 48.2 Å². The third-order valence-corrected chi connectivity index (χ3v) is 8.28. The van der Waals surface area contributed by atoms with Crippen LogP contribution in [0.25, 0.3) is 0 Å². The van der Waals surface area contributed by atoms with Crippen molar-refractivity contribution in [2.24, 2.45) is 5.92 Å². The summed E-state index contributed by atoms with van der Waals surface area (Å²) in [5.41, 5.74) is 6.98. The molecule has 0 saturated carbocycles. The molecule has 1 aliphatic rings. The first-order chi connectivity index (χ1) is 17.4. The van der Waals surface area contributed by atoms with Crippen LogP contribution in [0, 0.1) is 12.8 Å². The van der Waals surface area contributed by atoms with Gasteiger partial charge in [0, 0.05) is 23.2 Å². The van der Waals surface area contributed by atoms with Crippen molar-refractivity contribution in [1.29, 1.82) is 0 Å². The molecule has 2 aromatic carbocycles. The van der Waals surface area contributed by atoms with Crippen LogP contribution >= 0.6 is 23.5 Å². The number of rotatable bonds is 9. The van der Waals surface area contributed by atoms with Crippen molar-refractivity contribution in [3.8, 4) is 0 Å². The van der Waals surface area contributed by atoms with E-state index in [9.17, 15) is 4.79 Å². The number of carbonyl (C=O) groups is 1. The maximum atomic E-state index is 13.9. The van der Waals surface area contributed by atoms with E-state index in [1.54, 1.807) is 23.5 Å². The minimum Gasteiger partial charge on any atom is -0.317 e. The van der Waals surface area contributed by atoms with Crippen molar-refractivity contribution < 1.29 is 4.79 Å². The predicted octanol–water partition coefficient (Wildman–Crippen LogP) is 7.62. The summed E-state index contributed by atoms with van der Waals surface area (Å²) < 4.78 is 0. The Labute approximate surface area is 224 Å². The summed E-state index contributed by atoms with van der Waals surface area (Å²) in [4.78, 5) is 21.6. The van der Waals surface area contributed by atoms with Crippen LogP contribution in [0.5, 0.6) is 0 Å². The minimum atomic E-state index is -0.0621. The van der Waals surface area contributed by atoms with Crippen molar-refractivity contribution in [3.63, 3.8) is 0 Å². The van der Waals surface area contributed by atoms with E-state index in [4.69, 9.17) is 0 Å². The number of anilines is 1. The molecule has 4 nitrogen and oxygen atoms in total. The van der Waals surface area contributed by atoms with Gasteiger partial charge in [0.05, 0.1) is 5.69 Å². The largest absolute Gasteiger partial charge is 0.322 e. The average molecular weight is 520 g/mol. The Hall–Kier alpha value is -2.44. The summed E-state index contributed by atoms with van der Waals surface area (Å²) in [5, 5.41) is 4.12. The zero-order chi connectivity index (χ0) is 25.7. The van der Waals surface area contributed by atoms with E-state index in [-0.39, 0.29) is 12.1 Å². The van der Waals surface area contributed by atoms with Crippen LogP contribution in [0.15, 0.2) is 64.5 Å². The van der Waals surface area contributed by atoms with Gasteiger partial charge in [0.2, 0.25) is 0 Å². The van der Waals surface area contributed by atoms with Crippen molar-refractivity contribution >= 4 is 35.2 Å². The number of hydrogen-bond acceptors (Lipinski definition) is 4. The van der Waals surface area contributed by atoms with E-state index in [0.717, 1.165) is 46.1 Å². The summed E-state index contributed by atoms with van der Waals surface area (Å²) in [7, 11) is 0. The minimum absolute atomic E-state index is 0.0621. The summed E-state index contributed by atoms with van der Waals surface area (Å²) in [6.45, 7) is 7.10. The molecule has 0 radical (unpaired) electrons. The van der Waals surface area contributed by atoms with Crippen LogP contribution in [0.4, 0.5) is 10.5 Å². The van der Waals surface area contributed by atoms with Gasteiger partial charge in [-0.1, -0.05) is 62.4 Å². The second kappa shape index (κ2) is 12.2. The molecule has 0 unspecified atom stereocenters. The van der Waals surface area contributed by atoms with E-state index in [0.29, 0.717) is 12.5 Å². The molecular formula is C30H37N3OS2. The molecule has 36 heavy (non-hydrogen) atoms. The molecule has 2 amide bonds. The van der Waals surface area contributed by atoms with Gasteiger partial charge in [-0.05, 0) is 79.4 Å². The van der Waals surface area contributed by atoms with Gasteiger partial charge >= 0.3 is 6.03 Å². The molecule has 3 aromatic rings. The third-order valence-electron chi connectivity index (χ3n) is 6.84. The number of hydrogen-bond donors (Lipinski definition) is 1. The average Bonchev–Trinajstić information content (AvgIpc) is 3.31. The zero-order valence-electron chi connectivity index (χ0n) is 22.0. The molecule has 1 aliphatic carbocycles. The van der Waals surface area contributed by atoms with E-state index in [1.807, 2.05) is 30.4 Å². The highest BCUT2D eigenvalue weighted by atomic mass is 32.2. The first kappa shape index (κ1) is 26.6. The van der Waals surface area contributed by atoms with Gasteiger partial charge in [0.15, 0.2) is 0 Å². The molecule has 1 aromatic heterocycles. The van der Waals surface area contributed by atoms with Crippen LogP contribution in [0.3, 0.4) is 0 Å². The van der Waals surface area contributed by atoms with E-state index >= 15 is 0 Å². The molecule has 1 N–H and O–H groups in total. The van der Waals surface area contributed by atoms with Crippen molar-refractivity contribution in [2.45, 2.75) is 69.0 Å². The van der Waals surface area contributed by atoms with Crippen LogP contribution in [0.2, 0.25) is 0 Å². The molecule has 0 bridgehead atoms. The Balaban J connectivity index is 1.59. The standard InChI is InChI=1S/C30H37N3OS2/c1-20(2)10-11-22-12-14-23(15-13-22)19-33(26-17-24-8-6-7-9-25(24)18-26)30(34)32-28-27(35-4)16-21(3)31-29(28)36-5/h6-9,12-16,20,26H,10-11,17-19H2,1-5H3,(H,32,34). The lowest BCUT2D eigenvalue weighted by molar-refractivity contribution is 0.185. The summed E-state index contributed by atoms with van der Waals surface area (Å²) in [5.74, 6) is 0.696. The Morgan fingerprint density at radius 2 is 1.67 bits per heavy atom. The lowest BCUT2D eigenvalue weighted by Gasteiger charge is -2.30. The SMILES string of the molecule is CSc1cc(C)nc(SC)c1NC(=O)N(Cc1ccc(CCC(C)C)cc1)C1Cc2ccccc2C1. The number of urea groups is 1. The second-order valence-electron chi connectivity index (χ2n) is 9.99. The maximum Gasteiger partial charge on any atom is 0.322 e. The molecule has 6 heteroatoms. The van der Waals surface area contributed by atoms with Crippen molar-refractivity contribution in [2.75, 3.05) is 17.8 Å². The quantitative estimate of drug-likeness (QED) is 0.295. The lowest BCUT2D eigenvalue weighted by Crippen LogP contribution is -2.43. The number of amides is 2. The van der Waals surface area contributed by atoms with Crippen molar-refractivity contribution in [1.82, 2.24) is 9.88 Å². The van der Waals surface area contributed by atoms with Crippen molar-refractivity contribution in [3.05, 3.63) is 82.5 Å². The monoisotopic (exact) mass is 519 g/mol. The number of benzene rings is 2. The van der Waals surface area contributed by atoms with Gasteiger partial charge in [-0.15, -0.1) is 23.5 Å². The highest BCUT2D eigenvalue weighted by Gasteiger charge is 2.31. The number of fused-ring (bicyclic) bond motifs is 1. The molecule has 1 heterocycles. The van der Waals surface area contributed by atoms with Crippen LogP contribution in [-0.2, 0) is 25.8 Å². The lowest BCUT2D eigenvalue weighted by atomic mass is 10.0. The smallest absolute Gasteiger partial charge is 0.317 e. The first-order valence-electron chi connectivity index (χ1n) is 12.7. The van der Waals surface area contributed by atoms with Crippen LogP contribution < -0.4 is 5.32 Å². The molecular weight excluding hydrogens is 482 g/mol. The maximum absolute atomic E-state index is 13.9. The first-order valence-corrected chi connectivity index (χ1v) is 15.1. The van der Waals surface area contributed by atoms with Gasteiger partial charge in [-0.2, -0.15) is 0 Å². The van der Waals surface area contributed by atoms with E-state index in [1.165, 1.54) is 23.1 Å². The summed E-state index contributed by atoms with van der Waals surface area (Å²) >= 11 is 3.21. The number of pyridine rings is 1. The normalized spacial score (nSPS) is 13.2. The predicted molar refractivity (Wildman–Crippen MR) is 154 cm³/mol. The topological polar surface area (TPSA) is 45.2 Å². The molecule has 0 spiro atoms. The number of nitrogens with one attached hydrogen (secondary N) is 1. The number of thioether (sulfide) groups is 2. The molecule has 0 saturated heterocycles. The second-order valence-corrected chi connectivity index (χ2v) is 11.6. The Morgan fingerprint density at radius 3 is 2.25 bits per heavy atom. The fourth-order valence-corrected chi connectivity index (χ4v) is 6.11. The molecule has 0 aliphatic heterocycles. The van der Waals surface area contributed by atoms with Gasteiger partial charge in [0.25, 0.3) is 0 Å². The van der Waals surface area contributed by atoms with Gasteiger partial charge in [-0.3, -0.25) is 0 Å². The van der Waals surface area contributed by atoms with Gasteiger partial charge in [-0.25, -0.2) is 9.78 Å². The summed E-state index contributed by atoms with van der Waals surface area (Å²) in [6.07, 6.45) is 8.10. The number of nitrogens with zero attached hydrogens (tertiary/aromatic N) is 2. The Kier molecular flexibility index (Phi) is 9.02. The fourth-order valence-electron chi connectivity index (χ4n) is 4.80. The van der Waals surface area contributed by atoms with Gasteiger partial charge < -0.3 is 10.2 Å². The Bertz CT molecular complexity index is 1140.